The second-order valence-corrected chi connectivity index (χ2v) is 12.8. The summed E-state index contributed by atoms with van der Waals surface area (Å²) in [6.07, 6.45) is 9.41. The Morgan fingerprint density at radius 1 is 1.02 bits per heavy atom. The third kappa shape index (κ3) is 6.90. The fourth-order valence-electron chi connectivity index (χ4n) is 6.74. The highest BCUT2D eigenvalue weighted by atomic mass is 16.3. The number of rotatable bonds is 9. The average Bonchev–Trinajstić information content (AvgIpc) is 3.77. The number of aliphatic hydroxyl groups is 1. The van der Waals surface area contributed by atoms with E-state index < -0.39 is 35.5 Å². The van der Waals surface area contributed by atoms with Gasteiger partial charge in [0.1, 0.15) is 17.7 Å². The number of aromatic nitrogens is 3. The maximum atomic E-state index is 14.1. The van der Waals surface area contributed by atoms with Crippen molar-refractivity contribution in [3.8, 4) is 0 Å². The van der Waals surface area contributed by atoms with Crippen molar-refractivity contribution in [2.24, 2.45) is 11.7 Å². The molecule has 1 aliphatic carbocycles. The van der Waals surface area contributed by atoms with Crippen molar-refractivity contribution in [1.82, 2.24) is 30.1 Å². The summed E-state index contributed by atoms with van der Waals surface area (Å²) in [5.41, 5.74) is 5.90. The van der Waals surface area contributed by atoms with Gasteiger partial charge in [-0.1, -0.05) is 37.3 Å². The number of carbonyl (C=O) groups is 4. The molecule has 43 heavy (non-hydrogen) atoms. The molecule has 2 aliphatic heterocycles. The van der Waals surface area contributed by atoms with Crippen molar-refractivity contribution in [3.63, 3.8) is 0 Å². The van der Waals surface area contributed by atoms with E-state index in [1.807, 2.05) is 4.90 Å². The Bertz CT molecular complexity index is 1320. The second kappa shape index (κ2) is 12.8. The van der Waals surface area contributed by atoms with E-state index in [2.05, 4.69) is 15.6 Å². The van der Waals surface area contributed by atoms with E-state index in [1.54, 1.807) is 42.8 Å². The lowest BCUT2D eigenvalue weighted by atomic mass is 9.84. The van der Waals surface area contributed by atoms with Gasteiger partial charge in [-0.15, -0.1) is 5.10 Å². The van der Waals surface area contributed by atoms with Crippen molar-refractivity contribution in [2.45, 2.75) is 95.4 Å². The summed E-state index contributed by atoms with van der Waals surface area (Å²) in [6.45, 7) is 4.87. The maximum Gasteiger partial charge on any atom is 0.253 e. The van der Waals surface area contributed by atoms with Crippen LogP contribution < -0.4 is 11.1 Å². The Morgan fingerprint density at radius 2 is 1.67 bits per heavy atom. The van der Waals surface area contributed by atoms with E-state index in [4.69, 9.17) is 5.73 Å². The van der Waals surface area contributed by atoms with E-state index in [0.29, 0.717) is 23.2 Å². The van der Waals surface area contributed by atoms with Gasteiger partial charge in [-0.3, -0.25) is 19.2 Å². The summed E-state index contributed by atoms with van der Waals surface area (Å²) in [6, 6.07) is 4.37. The molecule has 0 bridgehead atoms. The van der Waals surface area contributed by atoms with Gasteiger partial charge < -0.3 is 26.0 Å². The summed E-state index contributed by atoms with van der Waals surface area (Å²) < 4.78 is 1.56. The molecular formula is C31H43N7O5. The zero-order valence-corrected chi connectivity index (χ0v) is 25.1. The first-order valence-corrected chi connectivity index (χ1v) is 15.5. The summed E-state index contributed by atoms with van der Waals surface area (Å²) >= 11 is 0. The highest BCUT2D eigenvalue weighted by Gasteiger charge is 2.44. The van der Waals surface area contributed by atoms with Gasteiger partial charge in [0.2, 0.25) is 11.8 Å². The summed E-state index contributed by atoms with van der Waals surface area (Å²) in [4.78, 5) is 56.2. The molecule has 4 amide bonds. The van der Waals surface area contributed by atoms with Gasteiger partial charge in [-0.2, -0.15) is 0 Å². The Hall–Kier alpha value is -3.80. The third-order valence-electron chi connectivity index (χ3n) is 9.12. The monoisotopic (exact) mass is 593 g/mol. The minimum atomic E-state index is -1.23. The molecule has 3 heterocycles. The maximum absolute atomic E-state index is 14.1. The number of amides is 4. The molecule has 12 heteroatoms. The standard InChI is InChI=1S/C31H43N7O5/c1-31(2,43)26-18-33-35-38(26)23-17-25(27(32)39)37(19-23)30(42)24(16-20-8-4-3-5-9-20)34-28(40)21-10-12-22(13-11-21)29(41)36-14-6-7-15-36/h10-13,18,20,23-25,43H,3-9,14-17,19H2,1-2H3,(H2,32,39)(H,34,40)/t23?,24-,25?/m1/s1. The molecule has 4 N–H and O–H groups in total. The molecule has 2 saturated heterocycles. The number of hydrogen-bond acceptors (Lipinski definition) is 7. The molecule has 232 valence electrons. The molecule has 0 radical (unpaired) electrons. The van der Waals surface area contributed by atoms with Crippen LogP contribution in [0.15, 0.2) is 30.5 Å². The first kappa shape index (κ1) is 30.7. The molecule has 12 nitrogen and oxygen atoms in total. The van der Waals surface area contributed by atoms with Crippen LogP contribution in [0.3, 0.4) is 0 Å². The first-order valence-electron chi connectivity index (χ1n) is 15.5. The van der Waals surface area contributed by atoms with Gasteiger partial charge in [0.25, 0.3) is 11.8 Å². The van der Waals surface area contributed by atoms with E-state index in [1.165, 1.54) is 11.1 Å². The second-order valence-electron chi connectivity index (χ2n) is 12.8. The fraction of sp³-hybridized carbons (Fsp3) is 0.613. The summed E-state index contributed by atoms with van der Waals surface area (Å²) in [5, 5.41) is 21.7. The average molecular weight is 594 g/mol. The normalized spacial score (nSPS) is 22.0. The van der Waals surface area contributed by atoms with Gasteiger partial charge in [-0.05, 0) is 63.3 Å². The fourth-order valence-corrected chi connectivity index (χ4v) is 6.74. The van der Waals surface area contributed by atoms with E-state index in [9.17, 15) is 24.3 Å². The lowest BCUT2D eigenvalue weighted by molar-refractivity contribution is -0.139. The minimum absolute atomic E-state index is 0.0454. The van der Waals surface area contributed by atoms with Crippen LogP contribution in [0.2, 0.25) is 0 Å². The van der Waals surface area contributed by atoms with Gasteiger partial charge in [-0.25, -0.2) is 4.68 Å². The van der Waals surface area contributed by atoms with Crippen molar-refractivity contribution in [2.75, 3.05) is 19.6 Å². The topological polar surface area (TPSA) is 164 Å². The Labute approximate surface area is 252 Å². The number of benzene rings is 1. The first-order chi connectivity index (χ1) is 20.5. The van der Waals surface area contributed by atoms with Crippen molar-refractivity contribution in [1.29, 1.82) is 0 Å². The van der Waals surface area contributed by atoms with E-state index >= 15 is 0 Å². The number of primary amides is 1. The molecule has 1 saturated carbocycles. The predicted octanol–water partition coefficient (Wildman–Crippen LogP) is 2.14. The van der Waals surface area contributed by atoms with Crippen molar-refractivity contribution >= 4 is 23.6 Å². The number of nitrogens with two attached hydrogens (primary N) is 1. The van der Waals surface area contributed by atoms with Crippen LogP contribution in [0, 0.1) is 5.92 Å². The van der Waals surface area contributed by atoms with Crippen molar-refractivity contribution < 1.29 is 24.3 Å². The number of likely N-dealkylation sites (tertiary alicyclic amines) is 2. The number of carbonyl (C=O) groups excluding carboxylic acids is 4. The molecule has 3 fully saturated rings. The minimum Gasteiger partial charge on any atom is -0.384 e. The lowest BCUT2D eigenvalue weighted by Crippen LogP contribution is -2.53. The van der Waals surface area contributed by atoms with Gasteiger partial charge in [0.15, 0.2) is 0 Å². The molecule has 0 spiro atoms. The zero-order valence-electron chi connectivity index (χ0n) is 25.1. The highest BCUT2D eigenvalue weighted by Crippen LogP contribution is 2.33. The van der Waals surface area contributed by atoms with Gasteiger partial charge in [0, 0.05) is 37.2 Å². The van der Waals surface area contributed by atoms with Crippen LogP contribution in [-0.2, 0) is 15.2 Å². The molecule has 2 unspecified atom stereocenters. The Morgan fingerprint density at radius 3 is 2.30 bits per heavy atom. The number of nitrogens with one attached hydrogen (secondary N) is 1. The van der Waals surface area contributed by atoms with Crippen molar-refractivity contribution in [3.05, 3.63) is 47.3 Å². The van der Waals surface area contributed by atoms with Crippen LogP contribution in [0.1, 0.15) is 104 Å². The van der Waals surface area contributed by atoms with Crippen LogP contribution in [0.4, 0.5) is 0 Å². The largest absolute Gasteiger partial charge is 0.384 e. The molecule has 1 aromatic carbocycles. The van der Waals surface area contributed by atoms with Crippen LogP contribution >= 0.6 is 0 Å². The predicted molar refractivity (Wildman–Crippen MR) is 158 cm³/mol. The zero-order chi connectivity index (χ0) is 30.7. The molecule has 2 aromatic rings. The Balaban J connectivity index is 1.35. The van der Waals surface area contributed by atoms with E-state index in [0.717, 1.165) is 58.0 Å². The molecule has 3 atom stereocenters. The lowest BCUT2D eigenvalue weighted by Gasteiger charge is -2.31. The van der Waals surface area contributed by atoms with Crippen LogP contribution in [-0.4, -0.2) is 85.2 Å². The number of nitrogens with zero attached hydrogens (tertiary/aromatic N) is 5. The number of hydrogen-bond donors (Lipinski definition) is 3. The van der Waals surface area contributed by atoms with E-state index in [-0.39, 0.29) is 30.7 Å². The van der Waals surface area contributed by atoms with Crippen LogP contribution in [0.5, 0.6) is 0 Å². The Kier molecular flexibility index (Phi) is 9.14. The van der Waals surface area contributed by atoms with Gasteiger partial charge >= 0.3 is 0 Å². The SMILES string of the molecule is CC(C)(O)c1cnnn1C1CC(C(N)=O)N(C(=O)[C@@H](CC2CCCCC2)NC(=O)c2ccc(C(=O)N3CCCC3)cc2)C1. The van der Waals surface area contributed by atoms with Gasteiger partial charge in [0.05, 0.1) is 17.9 Å². The summed E-state index contributed by atoms with van der Waals surface area (Å²) in [7, 11) is 0. The molecule has 1 aromatic heterocycles. The molecule has 5 rings (SSSR count). The van der Waals surface area contributed by atoms with Crippen LogP contribution in [0.25, 0.3) is 0 Å². The highest BCUT2D eigenvalue weighted by molar-refractivity contribution is 6.00. The summed E-state index contributed by atoms with van der Waals surface area (Å²) in [5.74, 6) is -1.19. The quantitative estimate of drug-likeness (QED) is 0.401. The molecule has 3 aliphatic rings. The third-order valence-corrected chi connectivity index (χ3v) is 9.12. The molecular weight excluding hydrogens is 550 g/mol. The smallest absolute Gasteiger partial charge is 0.253 e.